The molecular weight excluding hydrogens is 260 g/mol. The molecular formula is C19H30O2. The van der Waals surface area contributed by atoms with Crippen molar-refractivity contribution in [3.63, 3.8) is 0 Å². The second kappa shape index (κ2) is 6.21. The Bertz CT molecular complexity index is 514. The molecule has 118 valence electrons. The first-order valence-corrected chi connectivity index (χ1v) is 7.85. The van der Waals surface area contributed by atoms with E-state index in [0.717, 1.165) is 11.1 Å². The summed E-state index contributed by atoms with van der Waals surface area (Å²) >= 11 is 0. The Hall–Kier alpha value is -1.31. The predicted molar refractivity (Wildman–Crippen MR) is 89.1 cm³/mol. The average Bonchev–Trinajstić information content (AvgIpc) is 2.32. The largest absolute Gasteiger partial charge is 0.508 e. The minimum Gasteiger partial charge on any atom is -0.508 e. The van der Waals surface area contributed by atoms with Crippen molar-refractivity contribution in [3.05, 3.63) is 28.8 Å². The molecule has 2 nitrogen and oxygen atoms in total. The summed E-state index contributed by atoms with van der Waals surface area (Å²) in [5.41, 5.74) is 3.20. The number of aromatic hydroxyl groups is 1. The highest BCUT2D eigenvalue weighted by atomic mass is 16.3. The van der Waals surface area contributed by atoms with E-state index in [4.69, 9.17) is 0 Å². The smallest absolute Gasteiger partial charge is 0.132 e. The zero-order valence-electron chi connectivity index (χ0n) is 14.6. The van der Waals surface area contributed by atoms with E-state index >= 15 is 0 Å². The molecule has 0 aromatic heterocycles. The van der Waals surface area contributed by atoms with Gasteiger partial charge in [0, 0.05) is 12.8 Å². The molecule has 0 radical (unpaired) electrons. The normalized spacial score (nSPS) is 12.5. The number of hydrogen-bond donors (Lipinski definition) is 1. The van der Waals surface area contributed by atoms with E-state index in [1.54, 1.807) is 0 Å². The van der Waals surface area contributed by atoms with E-state index in [0.29, 0.717) is 25.0 Å². The summed E-state index contributed by atoms with van der Waals surface area (Å²) in [7, 11) is 0. The second-order valence-electron chi connectivity index (χ2n) is 7.92. The molecule has 0 amide bonds. The highest BCUT2D eigenvalue weighted by molar-refractivity contribution is 5.78. The van der Waals surface area contributed by atoms with Gasteiger partial charge in [-0.15, -0.1) is 0 Å². The lowest BCUT2D eigenvalue weighted by Gasteiger charge is -2.28. The zero-order chi connectivity index (χ0) is 16.4. The van der Waals surface area contributed by atoms with Crippen LogP contribution in [0.15, 0.2) is 12.1 Å². The fourth-order valence-electron chi connectivity index (χ4n) is 2.59. The Labute approximate surface area is 129 Å². The molecule has 0 spiro atoms. The number of carbonyl (C=O) groups is 1. The van der Waals surface area contributed by atoms with Crippen molar-refractivity contribution < 1.29 is 9.90 Å². The Morgan fingerprint density at radius 3 is 1.95 bits per heavy atom. The molecule has 1 aromatic carbocycles. The monoisotopic (exact) mass is 290 g/mol. The van der Waals surface area contributed by atoms with Gasteiger partial charge in [-0.3, -0.25) is 4.79 Å². The summed E-state index contributed by atoms with van der Waals surface area (Å²) < 4.78 is 0. The third-order valence-corrected chi connectivity index (χ3v) is 3.91. The van der Waals surface area contributed by atoms with Crippen LogP contribution in [0.3, 0.4) is 0 Å². The van der Waals surface area contributed by atoms with E-state index in [2.05, 4.69) is 47.6 Å². The number of carbonyl (C=O) groups excluding carboxylic acids is 1. The quantitative estimate of drug-likeness (QED) is 0.856. The Morgan fingerprint density at radius 1 is 1.00 bits per heavy atom. The maximum absolute atomic E-state index is 11.6. The van der Waals surface area contributed by atoms with E-state index < -0.39 is 0 Å². The van der Waals surface area contributed by atoms with Crippen molar-refractivity contribution in [2.75, 3.05) is 0 Å². The van der Waals surface area contributed by atoms with Gasteiger partial charge in [-0.1, -0.05) is 54.5 Å². The van der Waals surface area contributed by atoms with Gasteiger partial charge in [0.25, 0.3) is 0 Å². The van der Waals surface area contributed by atoms with Crippen LogP contribution in [-0.2, 0) is 22.0 Å². The summed E-state index contributed by atoms with van der Waals surface area (Å²) in [4.78, 5) is 11.6. The summed E-state index contributed by atoms with van der Waals surface area (Å²) in [5, 5.41) is 10.4. The lowest BCUT2D eigenvalue weighted by Crippen LogP contribution is -2.19. The summed E-state index contributed by atoms with van der Waals surface area (Å²) in [6, 6.07) is 3.99. The van der Waals surface area contributed by atoms with Gasteiger partial charge in [-0.2, -0.15) is 0 Å². The van der Waals surface area contributed by atoms with Crippen LogP contribution < -0.4 is 0 Å². The molecule has 0 aliphatic carbocycles. The van der Waals surface area contributed by atoms with Crippen LogP contribution in [0, 0.1) is 0 Å². The minimum atomic E-state index is -0.0954. The fourth-order valence-corrected chi connectivity index (χ4v) is 2.59. The molecule has 21 heavy (non-hydrogen) atoms. The molecule has 0 saturated carbocycles. The Balaban J connectivity index is 3.30. The molecule has 0 fully saturated rings. The maximum Gasteiger partial charge on any atom is 0.132 e. The van der Waals surface area contributed by atoms with Crippen molar-refractivity contribution >= 4 is 5.78 Å². The fraction of sp³-hybridized carbons (Fsp3) is 0.632. The van der Waals surface area contributed by atoms with Crippen LogP contribution >= 0.6 is 0 Å². The molecule has 1 aromatic rings. The van der Waals surface area contributed by atoms with E-state index in [9.17, 15) is 9.90 Å². The number of rotatable bonds is 4. The van der Waals surface area contributed by atoms with Crippen molar-refractivity contribution in [2.45, 2.75) is 78.6 Å². The van der Waals surface area contributed by atoms with Gasteiger partial charge in [0.2, 0.25) is 0 Å². The van der Waals surface area contributed by atoms with Gasteiger partial charge in [0.05, 0.1) is 0 Å². The molecule has 0 aliphatic heterocycles. The first-order chi connectivity index (χ1) is 9.46. The molecule has 1 N–H and O–H groups in total. The first kappa shape index (κ1) is 17.7. The summed E-state index contributed by atoms with van der Waals surface area (Å²) in [6.45, 7) is 14.7. The highest BCUT2D eigenvalue weighted by Gasteiger charge is 2.25. The van der Waals surface area contributed by atoms with Gasteiger partial charge in [-0.05, 0) is 40.0 Å². The number of phenolic OH excluding ortho intramolecular Hbond substituents is 1. The molecule has 0 aliphatic rings. The van der Waals surface area contributed by atoms with E-state index in [1.807, 2.05) is 13.0 Å². The SMILES string of the molecule is CCC(=O)CCc1cc(O)c(C(C)(C)C)cc1C(C)(C)C. The maximum atomic E-state index is 11.6. The van der Waals surface area contributed by atoms with Crippen LogP contribution in [-0.4, -0.2) is 10.9 Å². The van der Waals surface area contributed by atoms with Crippen LogP contribution in [0.5, 0.6) is 5.75 Å². The van der Waals surface area contributed by atoms with Gasteiger partial charge in [-0.25, -0.2) is 0 Å². The van der Waals surface area contributed by atoms with Gasteiger partial charge in [0.15, 0.2) is 0 Å². The van der Waals surface area contributed by atoms with Gasteiger partial charge < -0.3 is 5.11 Å². The number of aryl methyl sites for hydroxylation is 1. The van der Waals surface area contributed by atoms with Crippen molar-refractivity contribution in [3.8, 4) is 5.75 Å². The minimum absolute atomic E-state index is 0.00169. The Morgan fingerprint density at radius 2 is 1.52 bits per heavy atom. The van der Waals surface area contributed by atoms with Crippen LogP contribution in [0.25, 0.3) is 0 Å². The molecule has 2 heteroatoms. The molecule has 0 atom stereocenters. The van der Waals surface area contributed by atoms with Gasteiger partial charge in [0.1, 0.15) is 11.5 Å². The van der Waals surface area contributed by atoms with Crippen molar-refractivity contribution in [1.29, 1.82) is 0 Å². The lowest BCUT2D eigenvalue weighted by molar-refractivity contribution is -0.118. The van der Waals surface area contributed by atoms with Crippen LogP contribution in [0.2, 0.25) is 0 Å². The van der Waals surface area contributed by atoms with Crippen LogP contribution in [0.4, 0.5) is 0 Å². The standard InChI is InChI=1S/C19H30O2/c1-8-14(20)10-9-13-11-17(21)16(19(5,6)7)12-15(13)18(2,3)4/h11-12,21H,8-10H2,1-7H3. The number of phenols is 1. The number of Topliss-reactive ketones (excluding diaryl/α,β-unsaturated/α-hetero) is 1. The third kappa shape index (κ3) is 4.59. The average molecular weight is 290 g/mol. The first-order valence-electron chi connectivity index (χ1n) is 7.85. The van der Waals surface area contributed by atoms with Crippen molar-refractivity contribution in [2.24, 2.45) is 0 Å². The van der Waals surface area contributed by atoms with Gasteiger partial charge >= 0.3 is 0 Å². The predicted octanol–water partition coefficient (Wildman–Crippen LogP) is 4.90. The van der Waals surface area contributed by atoms with E-state index in [-0.39, 0.29) is 16.6 Å². The zero-order valence-corrected chi connectivity index (χ0v) is 14.6. The Kier molecular flexibility index (Phi) is 5.25. The molecule has 1 rings (SSSR count). The number of benzene rings is 1. The topological polar surface area (TPSA) is 37.3 Å². The number of hydrogen-bond acceptors (Lipinski definition) is 2. The molecule has 0 saturated heterocycles. The molecule has 0 heterocycles. The van der Waals surface area contributed by atoms with Crippen LogP contribution in [0.1, 0.15) is 78.0 Å². The molecule has 0 unspecified atom stereocenters. The van der Waals surface area contributed by atoms with Crippen molar-refractivity contribution in [1.82, 2.24) is 0 Å². The molecule has 0 bridgehead atoms. The summed E-state index contributed by atoms with van der Waals surface area (Å²) in [5.74, 6) is 0.615. The number of ketones is 1. The third-order valence-electron chi connectivity index (χ3n) is 3.91. The second-order valence-corrected chi connectivity index (χ2v) is 7.92. The van der Waals surface area contributed by atoms with E-state index in [1.165, 1.54) is 5.56 Å². The highest BCUT2D eigenvalue weighted by Crippen LogP contribution is 2.37. The lowest BCUT2D eigenvalue weighted by atomic mass is 9.77. The summed E-state index contributed by atoms with van der Waals surface area (Å²) in [6.07, 6.45) is 1.84.